The van der Waals surface area contributed by atoms with Crippen molar-refractivity contribution < 1.29 is 28.6 Å². The Morgan fingerprint density at radius 1 is 0.322 bits per heavy atom. The molecule has 0 saturated carbocycles. The van der Waals surface area contributed by atoms with E-state index in [4.69, 9.17) is 14.2 Å². The molecule has 0 aromatic rings. The van der Waals surface area contributed by atoms with E-state index in [1.165, 1.54) is 180 Å². The monoisotopic (exact) mass is 835 g/mol. The maximum atomic E-state index is 12.8. The zero-order chi connectivity index (χ0) is 43.3. The molecule has 0 amide bonds. The maximum absolute atomic E-state index is 12.8. The number of hydrogen-bond acceptors (Lipinski definition) is 6. The maximum Gasteiger partial charge on any atom is 0.306 e. The highest BCUT2D eigenvalue weighted by Crippen LogP contribution is 2.17. The molecule has 0 aliphatic heterocycles. The zero-order valence-electron chi connectivity index (χ0n) is 40.4. The van der Waals surface area contributed by atoms with Gasteiger partial charge in [0.1, 0.15) is 13.2 Å². The minimum Gasteiger partial charge on any atom is -0.462 e. The standard InChI is InChI=1S/C53H102O6/c1-6-7-8-9-10-11-12-20-23-28-33-38-43-51(54)57-46-50(47-58-52(55)44-39-34-30-25-27-32-37-42-49(4)5)59-53(56)45-40-35-29-24-21-18-16-14-13-15-17-19-22-26-31-36-41-48(2)3/h48-50H,6-47H2,1-5H3/t50-/m0/s1. The lowest BCUT2D eigenvalue weighted by atomic mass is 10.0. The Balaban J connectivity index is 4.25. The molecule has 1 atom stereocenters. The van der Waals surface area contributed by atoms with Gasteiger partial charge in [-0.2, -0.15) is 0 Å². The summed E-state index contributed by atoms with van der Waals surface area (Å²) in [6, 6.07) is 0. The third kappa shape index (κ3) is 47.3. The number of unbranched alkanes of at least 4 members (excludes halogenated alkanes) is 32. The van der Waals surface area contributed by atoms with Crippen molar-refractivity contribution in [2.45, 2.75) is 298 Å². The van der Waals surface area contributed by atoms with Gasteiger partial charge >= 0.3 is 17.9 Å². The van der Waals surface area contributed by atoms with Crippen molar-refractivity contribution in [3.8, 4) is 0 Å². The number of carbonyl (C=O) groups is 3. The number of ether oxygens (including phenoxy) is 3. The smallest absolute Gasteiger partial charge is 0.306 e. The summed E-state index contributed by atoms with van der Waals surface area (Å²) in [6.07, 6.45) is 46.7. The molecule has 0 unspecified atom stereocenters. The van der Waals surface area contributed by atoms with Crippen molar-refractivity contribution in [3.05, 3.63) is 0 Å². The third-order valence-corrected chi connectivity index (χ3v) is 12.0. The average Bonchev–Trinajstić information content (AvgIpc) is 3.20. The molecule has 0 radical (unpaired) electrons. The van der Waals surface area contributed by atoms with Crippen LogP contribution in [0.1, 0.15) is 291 Å². The summed E-state index contributed by atoms with van der Waals surface area (Å²) >= 11 is 0. The first-order valence-corrected chi connectivity index (χ1v) is 26.2. The molecule has 6 heteroatoms. The van der Waals surface area contributed by atoms with Crippen LogP contribution in [0.2, 0.25) is 0 Å². The topological polar surface area (TPSA) is 78.9 Å². The molecule has 0 aliphatic carbocycles. The average molecular weight is 835 g/mol. The molecule has 0 aliphatic rings. The quantitative estimate of drug-likeness (QED) is 0.0345. The van der Waals surface area contributed by atoms with Crippen molar-refractivity contribution in [1.82, 2.24) is 0 Å². The van der Waals surface area contributed by atoms with Crippen LogP contribution in [0.4, 0.5) is 0 Å². The van der Waals surface area contributed by atoms with E-state index in [1.54, 1.807) is 0 Å². The summed E-state index contributed by atoms with van der Waals surface area (Å²) in [6.45, 7) is 11.3. The summed E-state index contributed by atoms with van der Waals surface area (Å²) in [4.78, 5) is 37.9. The van der Waals surface area contributed by atoms with Gasteiger partial charge in [0.25, 0.3) is 0 Å². The number of carbonyl (C=O) groups excluding carboxylic acids is 3. The van der Waals surface area contributed by atoms with E-state index in [1.807, 2.05) is 0 Å². The van der Waals surface area contributed by atoms with Crippen molar-refractivity contribution in [3.63, 3.8) is 0 Å². The second-order valence-electron chi connectivity index (χ2n) is 19.1. The lowest BCUT2D eigenvalue weighted by Gasteiger charge is -2.18. The Hall–Kier alpha value is -1.59. The van der Waals surface area contributed by atoms with E-state index in [9.17, 15) is 14.4 Å². The van der Waals surface area contributed by atoms with E-state index in [-0.39, 0.29) is 31.1 Å². The van der Waals surface area contributed by atoms with E-state index in [0.717, 1.165) is 69.6 Å². The Morgan fingerprint density at radius 3 is 0.831 bits per heavy atom. The van der Waals surface area contributed by atoms with Gasteiger partial charge in [0, 0.05) is 19.3 Å². The van der Waals surface area contributed by atoms with Crippen molar-refractivity contribution in [2.75, 3.05) is 13.2 Å². The lowest BCUT2D eigenvalue weighted by Crippen LogP contribution is -2.30. The van der Waals surface area contributed by atoms with Gasteiger partial charge in [0.2, 0.25) is 0 Å². The van der Waals surface area contributed by atoms with Crippen LogP contribution >= 0.6 is 0 Å². The summed E-state index contributed by atoms with van der Waals surface area (Å²) < 4.78 is 16.8. The molecule has 0 fully saturated rings. The minimum atomic E-state index is -0.761. The van der Waals surface area contributed by atoms with E-state index in [2.05, 4.69) is 34.6 Å². The largest absolute Gasteiger partial charge is 0.462 e. The highest BCUT2D eigenvalue weighted by molar-refractivity contribution is 5.71. The molecular formula is C53H102O6. The van der Waals surface area contributed by atoms with Gasteiger partial charge in [-0.25, -0.2) is 0 Å². The molecule has 0 N–H and O–H groups in total. The molecule has 0 spiro atoms. The fourth-order valence-electron chi connectivity index (χ4n) is 7.99. The third-order valence-electron chi connectivity index (χ3n) is 12.0. The first kappa shape index (κ1) is 57.4. The van der Waals surface area contributed by atoms with Crippen LogP contribution in [-0.2, 0) is 28.6 Å². The molecule has 6 nitrogen and oxygen atoms in total. The highest BCUT2D eigenvalue weighted by Gasteiger charge is 2.19. The number of hydrogen-bond donors (Lipinski definition) is 0. The molecule has 0 aromatic carbocycles. The van der Waals surface area contributed by atoms with Crippen LogP contribution in [0.3, 0.4) is 0 Å². The van der Waals surface area contributed by atoms with Gasteiger partial charge in [0.05, 0.1) is 0 Å². The first-order chi connectivity index (χ1) is 28.7. The molecular weight excluding hydrogens is 733 g/mol. The Labute approximate surface area is 368 Å². The highest BCUT2D eigenvalue weighted by atomic mass is 16.6. The van der Waals surface area contributed by atoms with Gasteiger partial charge < -0.3 is 14.2 Å². The van der Waals surface area contributed by atoms with Gasteiger partial charge in [-0.05, 0) is 31.1 Å². The van der Waals surface area contributed by atoms with Crippen LogP contribution in [-0.4, -0.2) is 37.2 Å². The van der Waals surface area contributed by atoms with Crippen LogP contribution in [0.5, 0.6) is 0 Å². The van der Waals surface area contributed by atoms with Crippen molar-refractivity contribution in [1.29, 1.82) is 0 Å². The predicted molar refractivity (Wildman–Crippen MR) is 252 cm³/mol. The van der Waals surface area contributed by atoms with Gasteiger partial charge in [-0.15, -0.1) is 0 Å². The van der Waals surface area contributed by atoms with Crippen LogP contribution in [0, 0.1) is 11.8 Å². The van der Waals surface area contributed by atoms with Gasteiger partial charge in [0.15, 0.2) is 6.10 Å². The van der Waals surface area contributed by atoms with E-state index >= 15 is 0 Å². The van der Waals surface area contributed by atoms with Crippen LogP contribution in [0.15, 0.2) is 0 Å². The normalized spacial score (nSPS) is 12.1. The van der Waals surface area contributed by atoms with Gasteiger partial charge in [-0.1, -0.05) is 253 Å². The Morgan fingerprint density at radius 2 is 0.559 bits per heavy atom. The number of rotatable bonds is 47. The molecule has 0 bridgehead atoms. The molecule has 350 valence electrons. The fourth-order valence-corrected chi connectivity index (χ4v) is 7.99. The predicted octanol–water partition coefficient (Wildman–Crippen LogP) is 16.9. The summed E-state index contributed by atoms with van der Waals surface area (Å²) in [5.74, 6) is 0.783. The summed E-state index contributed by atoms with van der Waals surface area (Å²) in [5, 5.41) is 0. The molecule has 0 aromatic heterocycles. The van der Waals surface area contributed by atoms with Crippen LogP contribution < -0.4 is 0 Å². The number of esters is 3. The summed E-state index contributed by atoms with van der Waals surface area (Å²) in [5.41, 5.74) is 0. The second-order valence-corrected chi connectivity index (χ2v) is 19.1. The van der Waals surface area contributed by atoms with Crippen molar-refractivity contribution in [2.24, 2.45) is 11.8 Å². The Bertz CT molecular complexity index is 900. The first-order valence-electron chi connectivity index (χ1n) is 26.2. The zero-order valence-corrected chi connectivity index (χ0v) is 40.4. The van der Waals surface area contributed by atoms with Crippen molar-refractivity contribution >= 4 is 17.9 Å². The fraction of sp³-hybridized carbons (Fsp3) is 0.943. The molecule has 0 rings (SSSR count). The molecule has 0 saturated heterocycles. The minimum absolute atomic E-state index is 0.0640. The molecule has 59 heavy (non-hydrogen) atoms. The Kier molecular flexibility index (Phi) is 44.7. The van der Waals surface area contributed by atoms with E-state index in [0.29, 0.717) is 19.3 Å². The van der Waals surface area contributed by atoms with Gasteiger partial charge in [-0.3, -0.25) is 14.4 Å². The summed E-state index contributed by atoms with van der Waals surface area (Å²) in [7, 11) is 0. The SMILES string of the molecule is CCCCCCCCCCCCCCC(=O)OC[C@@H](COC(=O)CCCCCCCCCC(C)C)OC(=O)CCCCCCCCCCCCCCCCCCC(C)C. The van der Waals surface area contributed by atoms with Crippen LogP contribution in [0.25, 0.3) is 0 Å². The second kappa shape index (κ2) is 45.9. The molecule has 0 heterocycles. The van der Waals surface area contributed by atoms with E-state index < -0.39 is 6.10 Å². The lowest BCUT2D eigenvalue weighted by molar-refractivity contribution is -0.167.